The van der Waals surface area contributed by atoms with Crippen molar-refractivity contribution in [2.45, 2.75) is 25.6 Å². The van der Waals surface area contributed by atoms with Gasteiger partial charge in [-0.15, -0.1) is 11.8 Å². The minimum absolute atomic E-state index is 0.0734. The molecular weight excluding hydrogens is 366 g/mol. The van der Waals surface area contributed by atoms with Gasteiger partial charge in [-0.1, -0.05) is 35.9 Å². The lowest BCUT2D eigenvalue weighted by Gasteiger charge is -2.08. The molecule has 1 aromatic heterocycles. The van der Waals surface area contributed by atoms with Crippen LogP contribution in [0.3, 0.4) is 0 Å². The molecule has 6 heteroatoms. The van der Waals surface area contributed by atoms with Crippen molar-refractivity contribution in [1.29, 1.82) is 0 Å². The molecule has 0 atom stereocenters. The highest BCUT2D eigenvalue weighted by molar-refractivity contribution is 7.99. The SMILES string of the molecule is Cc1nc2ccccc2n1CCCNC(=O)CSCc1cccc(Cl)c1. The van der Waals surface area contributed by atoms with Crippen molar-refractivity contribution in [2.75, 3.05) is 12.3 Å². The van der Waals surface area contributed by atoms with E-state index in [0.29, 0.717) is 12.3 Å². The lowest BCUT2D eigenvalue weighted by molar-refractivity contribution is -0.118. The predicted octanol–water partition coefficient (Wildman–Crippen LogP) is 4.44. The molecule has 0 unspecified atom stereocenters. The van der Waals surface area contributed by atoms with Crippen LogP contribution in [-0.4, -0.2) is 27.8 Å². The van der Waals surface area contributed by atoms with Crippen LogP contribution in [0.2, 0.25) is 5.02 Å². The standard InChI is InChI=1S/C20H22ClN3OS/c1-15-23-18-8-2-3-9-19(18)24(15)11-5-10-22-20(25)14-26-13-16-6-4-7-17(21)12-16/h2-4,6-9,12H,5,10-11,13-14H2,1H3,(H,22,25). The first kappa shape index (κ1) is 18.8. The molecule has 0 fully saturated rings. The van der Waals surface area contributed by atoms with E-state index in [9.17, 15) is 4.79 Å². The van der Waals surface area contributed by atoms with E-state index in [1.54, 1.807) is 11.8 Å². The highest BCUT2D eigenvalue weighted by Crippen LogP contribution is 2.17. The number of hydrogen-bond donors (Lipinski definition) is 1. The fourth-order valence-electron chi connectivity index (χ4n) is 2.88. The van der Waals surface area contributed by atoms with Gasteiger partial charge in [-0.05, 0) is 43.2 Å². The van der Waals surface area contributed by atoms with Crippen LogP contribution < -0.4 is 5.32 Å². The summed E-state index contributed by atoms with van der Waals surface area (Å²) < 4.78 is 2.20. The van der Waals surface area contributed by atoms with Crippen LogP contribution in [0.1, 0.15) is 17.8 Å². The van der Waals surface area contributed by atoms with Crippen molar-refractivity contribution in [2.24, 2.45) is 0 Å². The zero-order chi connectivity index (χ0) is 18.4. The van der Waals surface area contributed by atoms with Crippen molar-refractivity contribution < 1.29 is 4.79 Å². The third-order valence-electron chi connectivity index (χ3n) is 4.12. The highest BCUT2D eigenvalue weighted by atomic mass is 35.5. The zero-order valence-corrected chi connectivity index (χ0v) is 16.3. The molecule has 0 saturated carbocycles. The molecule has 0 aliphatic rings. The Morgan fingerprint density at radius 2 is 2.08 bits per heavy atom. The van der Waals surface area contributed by atoms with Crippen molar-refractivity contribution in [3.05, 3.63) is 64.9 Å². The van der Waals surface area contributed by atoms with E-state index in [-0.39, 0.29) is 5.91 Å². The smallest absolute Gasteiger partial charge is 0.230 e. The number of carbonyl (C=O) groups is 1. The Hall–Kier alpha value is -1.98. The van der Waals surface area contributed by atoms with Gasteiger partial charge >= 0.3 is 0 Å². The van der Waals surface area contributed by atoms with Crippen LogP contribution in [0.4, 0.5) is 0 Å². The van der Waals surface area contributed by atoms with E-state index >= 15 is 0 Å². The Balaban J connectivity index is 1.38. The first-order chi connectivity index (χ1) is 12.6. The van der Waals surface area contributed by atoms with E-state index in [1.165, 1.54) is 0 Å². The van der Waals surface area contributed by atoms with Crippen LogP contribution in [0, 0.1) is 6.92 Å². The molecule has 0 saturated heterocycles. The topological polar surface area (TPSA) is 46.9 Å². The zero-order valence-electron chi connectivity index (χ0n) is 14.7. The maximum atomic E-state index is 12.0. The number of hydrogen-bond acceptors (Lipinski definition) is 3. The summed E-state index contributed by atoms with van der Waals surface area (Å²) in [6, 6.07) is 15.9. The van der Waals surface area contributed by atoms with Crippen molar-refractivity contribution in [3.8, 4) is 0 Å². The molecule has 4 nitrogen and oxygen atoms in total. The number of halogens is 1. The highest BCUT2D eigenvalue weighted by Gasteiger charge is 2.07. The number of imidazole rings is 1. The lowest BCUT2D eigenvalue weighted by atomic mass is 10.2. The molecule has 3 rings (SSSR count). The monoisotopic (exact) mass is 387 g/mol. The first-order valence-electron chi connectivity index (χ1n) is 8.64. The maximum Gasteiger partial charge on any atom is 0.230 e. The van der Waals surface area contributed by atoms with Gasteiger partial charge in [-0.2, -0.15) is 0 Å². The number of rotatable bonds is 8. The molecule has 2 aromatic carbocycles. The van der Waals surface area contributed by atoms with Crippen LogP contribution in [0.15, 0.2) is 48.5 Å². The minimum atomic E-state index is 0.0734. The number of amides is 1. The van der Waals surface area contributed by atoms with Gasteiger partial charge in [0, 0.05) is 23.9 Å². The number of nitrogens with one attached hydrogen (secondary N) is 1. The fraction of sp³-hybridized carbons (Fsp3) is 0.300. The third-order valence-corrected chi connectivity index (χ3v) is 5.36. The molecule has 0 aliphatic heterocycles. The Morgan fingerprint density at radius 1 is 1.23 bits per heavy atom. The van der Waals surface area contributed by atoms with E-state index in [0.717, 1.165) is 46.2 Å². The van der Waals surface area contributed by atoms with Crippen LogP contribution in [0.25, 0.3) is 11.0 Å². The number of para-hydroxylation sites is 2. The largest absolute Gasteiger partial charge is 0.355 e. The summed E-state index contributed by atoms with van der Waals surface area (Å²) in [5.74, 6) is 2.33. The van der Waals surface area contributed by atoms with Gasteiger partial charge in [0.25, 0.3) is 0 Å². The van der Waals surface area contributed by atoms with Gasteiger partial charge in [0.15, 0.2) is 0 Å². The Labute approximate surface area is 163 Å². The normalized spacial score (nSPS) is 11.0. The summed E-state index contributed by atoms with van der Waals surface area (Å²) in [7, 11) is 0. The molecule has 1 N–H and O–H groups in total. The first-order valence-corrected chi connectivity index (χ1v) is 10.2. The van der Waals surface area contributed by atoms with Crippen LogP contribution in [0.5, 0.6) is 0 Å². The predicted molar refractivity (Wildman–Crippen MR) is 110 cm³/mol. The lowest BCUT2D eigenvalue weighted by Crippen LogP contribution is -2.27. The van der Waals surface area contributed by atoms with Crippen molar-refractivity contribution in [3.63, 3.8) is 0 Å². The number of aromatic nitrogens is 2. The Bertz CT molecular complexity index is 894. The summed E-state index contributed by atoms with van der Waals surface area (Å²) in [5.41, 5.74) is 3.30. The Kier molecular flexibility index (Phi) is 6.58. The number of nitrogens with zero attached hydrogens (tertiary/aromatic N) is 2. The molecular formula is C20H22ClN3OS. The second-order valence-electron chi connectivity index (χ2n) is 6.13. The molecule has 1 amide bonds. The van der Waals surface area contributed by atoms with Gasteiger partial charge in [0.2, 0.25) is 5.91 Å². The average Bonchev–Trinajstić information content (AvgIpc) is 2.94. The summed E-state index contributed by atoms with van der Waals surface area (Å²) in [6.07, 6.45) is 0.881. The van der Waals surface area contributed by atoms with E-state index < -0.39 is 0 Å². The van der Waals surface area contributed by atoms with Gasteiger partial charge in [0.1, 0.15) is 5.82 Å². The molecule has 0 bridgehead atoms. The summed E-state index contributed by atoms with van der Waals surface area (Å²) in [6.45, 7) is 3.54. The van der Waals surface area contributed by atoms with Gasteiger partial charge < -0.3 is 9.88 Å². The van der Waals surface area contributed by atoms with Crippen molar-refractivity contribution in [1.82, 2.24) is 14.9 Å². The van der Waals surface area contributed by atoms with E-state index in [1.807, 2.05) is 49.4 Å². The quantitative estimate of drug-likeness (QED) is 0.581. The fourth-order valence-corrected chi connectivity index (χ4v) is 3.90. The number of carbonyl (C=O) groups excluding carboxylic acids is 1. The van der Waals surface area contributed by atoms with Crippen LogP contribution >= 0.6 is 23.4 Å². The molecule has 26 heavy (non-hydrogen) atoms. The summed E-state index contributed by atoms with van der Waals surface area (Å²) in [4.78, 5) is 16.5. The van der Waals surface area contributed by atoms with Gasteiger partial charge in [0.05, 0.1) is 16.8 Å². The van der Waals surface area contributed by atoms with E-state index in [2.05, 4.69) is 20.9 Å². The molecule has 3 aromatic rings. The van der Waals surface area contributed by atoms with Crippen LogP contribution in [-0.2, 0) is 17.1 Å². The minimum Gasteiger partial charge on any atom is -0.355 e. The molecule has 0 radical (unpaired) electrons. The second-order valence-corrected chi connectivity index (χ2v) is 7.55. The number of benzene rings is 2. The average molecular weight is 388 g/mol. The number of fused-ring (bicyclic) bond motifs is 1. The molecule has 0 spiro atoms. The van der Waals surface area contributed by atoms with Crippen molar-refractivity contribution >= 4 is 40.3 Å². The van der Waals surface area contributed by atoms with E-state index in [4.69, 9.17) is 11.6 Å². The number of aryl methyl sites for hydroxylation is 2. The Morgan fingerprint density at radius 3 is 2.92 bits per heavy atom. The molecule has 1 heterocycles. The maximum absolute atomic E-state index is 12.0. The molecule has 136 valence electrons. The number of thioether (sulfide) groups is 1. The second kappa shape index (κ2) is 9.10. The third kappa shape index (κ3) is 5.02. The summed E-state index contributed by atoms with van der Waals surface area (Å²) >= 11 is 7.56. The van der Waals surface area contributed by atoms with Gasteiger partial charge in [-0.3, -0.25) is 4.79 Å². The molecule has 0 aliphatic carbocycles. The van der Waals surface area contributed by atoms with Gasteiger partial charge in [-0.25, -0.2) is 4.98 Å². The summed E-state index contributed by atoms with van der Waals surface area (Å²) in [5, 5.41) is 3.72.